The molecule has 1 N–H and O–H groups in total. The van der Waals surface area contributed by atoms with E-state index in [-0.39, 0.29) is 23.1 Å². The van der Waals surface area contributed by atoms with E-state index in [4.69, 9.17) is 0 Å². The van der Waals surface area contributed by atoms with Gasteiger partial charge in [-0.1, -0.05) is 35.9 Å². The number of rotatable bonds is 4. The summed E-state index contributed by atoms with van der Waals surface area (Å²) in [5.41, 5.74) is 1.50. The van der Waals surface area contributed by atoms with E-state index >= 15 is 0 Å². The molecule has 0 fully saturated rings. The normalized spacial score (nSPS) is 14.3. The predicted molar refractivity (Wildman–Crippen MR) is 97.4 cm³/mol. The van der Waals surface area contributed by atoms with Gasteiger partial charge in [0.25, 0.3) is 5.91 Å². The quantitative estimate of drug-likeness (QED) is 0.884. The summed E-state index contributed by atoms with van der Waals surface area (Å²) in [6.45, 7) is 1.84. The summed E-state index contributed by atoms with van der Waals surface area (Å²) in [5, 5.41) is 7.67. The average Bonchev–Trinajstić information content (AvgIpc) is 2.95. The Balaban J connectivity index is 1.68. The third-order valence-corrected chi connectivity index (χ3v) is 5.39. The van der Waals surface area contributed by atoms with Crippen molar-refractivity contribution >= 4 is 33.2 Å². The van der Waals surface area contributed by atoms with Crippen LogP contribution in [0, 0.1) is 6.92 Å². The molecule has 3 rings (SSSR count). The maximum Gasteiger partial charge on any atom is 0.255 e. The van der Waals surface area contributed by atoms with Crippen LogP contribution in [0.3, 0.4) is 0 Å². The van der Waals surface area contributed by atoms with Crippen molar-refractivity contribution in [2.75, 3.05) is 10.8 Å². The Morgan fingerprint density at radius 1 is 1.12 bits per heavy atom. The number of hydrogen-bond acceptors (Lipinski definition) is 5. The van der Waals surface area contributed by atoms with Crippen LogP contribution in [0.2, 0.25) is 0 Å². The largest absolute Gasteiger partial charge is 0.311 e. The highest BCUT2D eigenvalue weighted by Crippen LogP contribution is 2.19. The highest BCUT2D eigenvalue weighted by molar-refractivity contribution is 7.92. The summed E-state index contributed by atoms with van der Waals surface area (Å²) in [4.78, 5) is 24.2. The molecular weight excluding hydrogens is 354 g/mol. The molecule has 2 aromatic carbocycles. The van der Waals surface area contributed by atoms with Crippen LogP contribution in [-0.2, 0) is 19.4 Å². The van der Waals surface area contributed by atoms with Gasteiger partial charge in [0.2, 0.25) is 5.91 Å². The standard InChI is InChI=1S/C18H17N3O4S/c1-13-7-9-15(10-8-13)26(24,25)12-17(22)19-16-11-18(23)21(20-16)14-5-3-2-4-6-14/h2-10H,11-12H2,1H3,(H,19,20,22). The summed E-state index contributed by atoms with van der Waals surface area (Å²) >= 11 is 0. The van der Waals surface area contributed by atoms with E-state index in [1.54, 1.807) is 36.4 Å². The number of benzene rings is 2. The SMILES string of the molecule is Cc1ccc(S(=O)(=O)CC(=O)NC2=NN(c3ccccc3)C(=O)C2)cc1. The number of hydrogen-bond donors (Lipinski definition) is 1. The molecule has 26 heavy (non-hydrogen) atoms. The number of nitrogens with zero attached hydrogens (tertiary/aromatic N) is 2. The second kappa shape index (κ2) is 7.09. The van der Waals surface area contributed by atoms with Gasteiger partial charge in [-0.3, -0.25) is 9.59 Å². The van der Waals surface area contributed by atoms with E-state index in [2.05, 4.69) is 10.4 Å². The third-order valence-electron chi connectivity index (χ3n) is 3.76. The lowest BCUT2D eigenvalue weighted by atomic mass is 10.2. The molecule has 0 bridgehead atoms. The third kappa shape index (κ3) is 3.97. The number of aryl methyl sites for hydroxylation is 1. The van der Waals surface area contributed by atoms with E-state index in [0.29, 0.717) is 5.69 Å². The molecule has 0 saturated heterocycles. The van der Waals surface area contributed by atoms with E-state index in [0.717, 1.165) is 5.56 Å². The first-order chi connectivity index (χ1) is 12.3. The van der Waals surface area contributed by atoms with Crippen LogP contribution in [0.1, 0.15) is 12.0 Å². The zero-order chi connectivity index (χ0) is 18.7. The minimum Gasteiger partial charge on any atom is -0.311 e. The van der Waals surface area contributed by atoms with E-state index in [9.17, 15) is 18.0 Å². The maximum absolute atomic E-state index is 12.3. The number of hydrazone groups is 1. The first-order valence-corrected chi connectivity index (χ1v) is 9.55. The Hall–Kier alpha value is -3.00. The summed E-state index contributed by atoms with van der Waals surface area (Å²) < 4.78 is 24.6. The van der Waals surface area contributed by atoms with Gasteiger partial charge in [-0.2, -0.15) is 10.1 Å². The van der Waals surface area contributed by atoms with Crippen LogP contribution in [0.4, 0.5) is 5.69 Å². The Bertz CT molecular complexity index is 967. The summed E-state index contributed by atoms with van der Waals surface area (Å²) in [6.07, 6.45) is -0.0921. The number of nitrogens with one attached hydrogen (secondary N) is 1. The maximum atomic E-state index is 12.3. The van der Waals surface area contributed by atoms with Crippen molar-refractivity contribution in [1.29, 1.82) is 0 Å². The summed E-state index contributed by atoms with van der Waals surface area (Å²) in [5.74, 6) is -1.61. The smallest absolute Gasteiger partial charge is 0.255 e. The second-order valence-corrected chi connectivity index (χ2v) is 7.87. The molecule has 1 heterocycles. The molecule has 0 unspecified atom stereocenters. The number of sulfone groups is 1. The van der Waals surface area contributed by atoms with Crippen LogP contribution in [-0.4, -0.2) is 31.8 Å². The first kappa shape index (κ1) is 17.8. The number of anilines is 1. The van der Waals surface area contributed by atoms with Gasteiger partial charge in [0.1, 0.15) is 11.6 Å². The number of amidine groups is 1. The molecule has 0 aromatic heterocycles. The number of carbonyl (C=O) groups is 2. The topological polar surface area (TPSA) is 95.9 Å². The first-order valence-electron chi connectivity index (χ1n) is 7.90. The van der Waals surface area contributed by atoms with Gasteiger partial charge in [0.15, 0.2) is 9.84 Å². The summed E-state index contributed by atoms with van der Waals surface area (Å²) in [6, 6.07) is 15.0. The fourth-order valence-corrected chi connectivity index (χ4v) is 3.60. The molecule has 7 nitrogen and oxygen atoms in total. The lowest BCUT2D eigenvalue weighted by molar-refractivity contribution is -0.117. The Labute approximate surface area is 151 Å². The monoisotopic (exact) mass is 371 g/mol. The van der Waals surface area contributed by atoms with Gasteiger partial charge >= 0.3 is 0 Å². The zero-order valence-corrected chi connectivity index (χ0v) is 14.9. The van der Waals surface area contributed by atoms with Crippen molar-refractivity contribution in [3.8, 4) is 0 Å². The van der Waals surface area contributed by atoms with Crippen LogP contribution in [0.15, 0.2) is 64.6 Å². The molecule has 0 spiro atoms. The molecule has 2 aromatic rings. The molecular formula is C18H17N3O4S. The average molecular weight is 371 g/mol. The minimum atomic E-state index is -3.76. The van der Waals surface area contributed by atoms with Gasteiger partial charge in [0, 0.05) is 0 Å². The lowest BCUT2D eigenvalue weighted by Gasteiger charge is -2.10. The second-order valence-electron chi connectivity index (χ2n) is 5.88. The van der Waals surface area contributed by atoms with E-state index < -0.39 is 21.5 Å². The van der Waals surface area contributed by atoms with Crippen LogP contribution < -0.4 is 10.3 Å². The Kier molecular flexibility index (Phi) is 4.85. The molecule has 1 aliphatic rings. The van der Waals surface area contributed by atoms with Gasteiger partial charge in [0.05, 0.1) is 17.0 Å². The van der Waals surface area contributed by atoms with Crippen LogP contribution in [0.5, 0.6) is 0 Å². The van der Waals surface area contributed by atoms with Crippen molar-refractivity contribution in [3.05, 3.63) is 60.2 Å². The number of para-hydroxylation sites is 1. The highest BCUT2D eigenvalue weighted by Gasteiger charge is 2.27. The number of amides is 2. The molecule has 0 saturated carbocycles. The highest BCUT2D eigenvalue weighted by atomic mass is 32.2. The molecule has 134 valence electrons. The van der Waals surface area contributed by atoms with Gasteiger partial charge < -0.3 is 5.32 Å². The van der Waals surface area contributed by atoms with Crippen LogP contribution >= 0.6 is 0 Å². The predicted octanol–water partition coefficient (Wildman–Crippen LogP) is 1.64. The summed E-state index contributed by atoms with van der Waals surface area (Å²) in [7, 11) is -3.76. The molecule has 0 radical (unpaired) electrons. The minimum absolute atomic E-state index is 0.0774. The fraction of sp³-hybridized carbons (Fsp3) is 0.167. The van der Waals surface area contributed by atoms with Gasteiger partial charge in [-0.15, -0.1) is 0 Å². The van der Waals surface area contributed by atoms with Gasteiger partial charge in [-0.25, -0.2) is 8.42 Å². The van der Waals surface area contributed by atoms with Crippen LogP contribution in [0.25, 0.3) is 0 Å². The molecule has 2 amide bonds. The van der Waals surface area contributed by atoms with Crippen molar-refractivity contribution in [2.45, 2.75) is 18.2 Å². The molecule has 0 aliphatic carbocycles. The Morgan fingerprint density at radius 2 is 1.77 bits per heavy atom. The van der Waals surface area contributed by atoms with Crippen molar-refractivity contribution in [3.63, 3.8) is 0 Å². The van der Waals surface area contributed by atoms with Crippen molar-refractivity contribution in [2.24, 2.45) is 5.10 Å². The van der Waals surface area contributed by atoms with Crippen molar-refractivity contribution < 1.29 is 18.0 Å². The van der Waals surface area contributed by atoms with Gasteiger partial charge in [-0.05, 0) is 31.2 Å². The fourth-order valence-electron chi connectivity index (χ4n) is 2.47. The van der Waals surface area contributed by atoms with E-state index in [1.165, 1.54) is 17.1 Å². The Morgan fingerprint density at radius 3 is 2.42 bits per heavy atom. The molecule has 8 heteroatoms. The zero-order valence-electron chi connectivity index (χ0n) is 14.0. The van der Waals surface area contributed by atoms with Crippen molar-refractivity contribution in [1.82, 2.24) is 5.32 Å². The number of carbonyl (C=O) groups excluding carboxylic acids is 2. The lowest BCUT2D eigenvalue weighted by Crippen LogP contribution is -2.34. The molecule has 0 atom stereocenters. The molecule has 1 aliphatic heterocycles. The van der Waals surface area contributed by atoms with E-state index in [1.807, 2.05) is 13.0 Å².